The van der Waals surface area contributed by atoms with Crippen LogP contribution >= 0.6 is 0 Å². The molecular formula is C26H42O8. The molecule has 0 bridgehead atoms. The summed E-state index contributed by atoms with van der Waals surface area (Å²) in [6, 6.07) is 0. The van der Waals surface area contributed by atoms with Gasteiger partial charge in [-0.25, -0.2) is 4.79 Å². The third kappa shape index (κ3) is 3.58. The van der Waals surface area contributed by atoms with E-state index in [1.165, 1.54) is 6.42 Å². The van der Waals surface area contributed by atoms with Crippen LogP contribution in [0.3, 0.4) is 0 Å². The fraction of sp³-hybridized carbons (Fsp3) is 0.962. The SMILES string of the molecule is C[C@]12CC[C@@H](O[C@@H]3O[C@H](C(=O)O)[C@@H](O)[C@H](O)[C@H]3O)C[C@H]1CC[C@@H]1[C@@H]2CC[C@@]2(C)[C@H]1CC[C@]2(C)O. The first-order valence-corrected chi connectivity index (χ1v) is 13.2. The molecule has 0 spiro atoms. The standard InChI is InChI=1S/C26H42O8/c1-24-9-6-14(33-23-20(29)18(27)19(28)21(34-23)22(30)31)12-13(24)4-5-15-16(24)7-10-25(2)17(15)8-11-26(25,3)32/h13-21,23,27-29,32H,4-12H2,1-3H3,(H,30,31)/t13-,14-,15-,16+,17+,18+,19+,20-,21+,23-,24+,25+,26+/m1/s1. The Hall–Kier alpha value is -0.770. The minimum Gasteiger partial charge on any atom is -0.479 e. The summed E-state index contributed by atoms with van der Waals surface area (Å²) in [4.78, 5) is 11.4. The second kappa shape index (κ2) is 8.38. The molecule has 13 atom stereocenters. The summed E-state index contributed by atoms with van der Waals surface area (Å²) in [6.45, 7) is 6.79. The van der Waals surface area contributed by atoms with E-state index in [1.54, 1.807) is 0 Å². The van der Waals surface area contributed by atoms with Crippen molar-refractivity contribution in [1.29, 1.82) is 0 Å². The first kappa shape index (κ1) is 24.9. The zero-order valence-corrected chi connectivity index (χ0v) is 20.6. The van der Waals surface area contributed by atoms with Gasteiger partial charge in [0.1, 0.15) is 18.3 Å². The van der Waals surface area contributed by atoms with Crippen molar-refractivity contribution in [2.45, 2.75) is 121 Å². The zero-order chi connectivity index (χ0) is 24.6. The quantitative estimate of drug-likeness (QED) is 0.386. The molecule has 8 nitrogen and oxygen atoms in total. The average molecular weight is 483 g/mol. The van der Waals surface area contributed by atoms with Crippen molar-refractivity contribution in [3.05, 3.63) is 0 Å². The van der Waals surface area contributed by atoms with E-state index in [9.17, 15) is 30.3 Å². The van der Waals surface area contributed by atoms with Crippen LogP contribution in [-0.2, 0) is 14.3 Å². The fourth-order valence-corrected chi connectivity index (χ4v) is 8.94. The van der Waals surface area contributed by atoms with E-state index in [1.807, 2.05) is 6.92 Å². The summed E-state index contributed by atoms with van der Waals surface area (Å²) in [5.41, 5.74) is -0.346. The van der Waals surface area contributed by atoms with Crippen molar-refractivity contribution in [2.75, 3.05) is 0 Å². The molecule has 194 valence electrons. The molecule has 1 aliphatic heterocycles. The fourth-order valence-electron chi connectivity index (χ4n) is 8.94. The van der Waals surface area contributed by atoms with Crippen molar-refractivity contribution in [2.24, 2.45) is 34.5 Å². The van der Waals surface area contributed by atoms with Gasteiger partial charge in [0.25, 0.3) is 0 Å². The van der Waals surface area contributed by atoms with Crippen LogP contribution < -0.4 is 0 Å². The number of carboxylic acid groups (broad SMARTS) is 1. The lowest BCUT2D eigenvalue weighted by Gasteiger charge is -2.61. The van der Waals surface area contributed by atoms with Gasteiger partial charge in [-0.2, -0.15) is 0 Å². The number of aliphatic hydroxyl groups is 4. The highest BCUT2D eigenvalue weighted by atomic mass is 16.7. The van der Waals surface area contributed by atoms with Crippen LogP contribution in [-0.4, -0.2) is 73.9 Å². The number of aliphatic carboxylic acids is 1. The molecule has 8 heteroatoms. The Kier molecular flexibility index (Phi) is 6.14. The molecule has 1 saturated heterocycles. The van der Waals surface area contributed by atoms with Gasteiger partial charge in [0.05, 0.1) is 11.7 Å². The number of fused-ring (bicyclic) bond motifs is 5. The molecule has 4 aliphatic carbocycles. The molecule has 5 aliphatic rings. The highest BCUT2D eigenvalue weighted by molar-refractivity contribution is 5.73. The molecule has 0 radical (unpaired) electrons. The third-order valence-corrected chi connectivity index (χ3v) is 11.3. The first-order chi connectivity index (χ1) is 15.9. The molecule has 0 amide bonds. The molecule has 0 aromatic rings. The summed E-state index contributed by atoms with van der Waals surface area (Å²) < 4.78 is 11.4. The number of aliphatic hydroxyl groups excluding tert-OH is 3. The summed E-state index contributed by atoms with van der Waals surface area (Å²) in [7, 11) is 0. The highest BCUT2D eigenvalue weighted by Crippen LogP contribution is 2.68. The van der Waals surface area contributed by atoms with Crippen molar-refractivity contribution < 1.29 is 39.8 Å². The topological polar surface area (TPSA) is 137 Å². The van der Waals surface area contributed by atoms with E-state index >= 15 is 0 Å². The number of rotatable bonds is 3. The predicted octanol–water partition coefficient (Wildman–Crippen LogP) is 2.06. The maximum absolute atomic E-state index is 11.4. The number of hydrogen-bond donors (Lipinski definition) is 5. The van der Waals surface area contributed by atoms with E-state index in [-0.39, 0.29) is 16.9 Å². The number of carbonyl (C=O) groups is 1. The molecule has 0 unspecified atom stereocenters. The lowest BCUT2D eigenvalue weighted by atomic mass is 9.44. The van der Waals surface area contributed by atoms with Crippen LogP contribution in [0.25, 0.3) is 0 Å². The maximum atomic E-state index is 11.4. The summed E-state index contributed by atoms with van der Waals surface area (Å²) >= 11 is 0. The van der Waals surface area contributed by atoms with E-state index in [0.29, 0.717) is 23.7 Å². The van der Waals surface area contributed by atoms with Crippen LogP contribution in [0.4, 0.5) is 0 Å². The van der Waals surface area contributed by atoms with Crippen LogP contribution in [0.1, 0.15) is 78.6 Å². The van der Waals surface area contributed by atoms with Crippen molar-refractivity contribution in [3.8, 4) is 0 Å². The van der Waals surface area contributed by atoms with Crippen molar-refractivity contribution >= 4 is 5.97 Å². The van der Waals surface area contributed by atoms with E-state index in [4.69, 9.17) is 9.47 Å². The molecule has 4 saturated carbocycles. The smallest absolute Gasteiger partial charge is 0.335 e. The van der Waals surface area contributed by atoms with Gasteiger partial charge in [-0.05, 0) is 99.2 Å². The molecule has 5 fully saturated rings. The molecule has 0 aromatic carbocycles. The number of carboxylic acids is 1. The largest absolute Gasteiger partial charge is 0.479 e. The maximum Gasteiger partial charge on any atom is 0.335 e. The van der Waals surface area contributed by atoms with Gasteiger partial charge >= 0.3 is 5.97 Å². The van der Waals surface area contributed by atoms with Gasteiger partial charge in [0.2, 0.25) is 0 Å². The number of ether oxygens (including phenoxy) is 2. The van der Waals surface area contributed by atoms with Gasteiger partial charge in [0, 0.05) is 0 Å². The lowest BCUT2D eigenvalue weighted by molar-refractivity contribution is -0.309. The Morgan fingerprint density at radius 3 is 2.29 bits per heavy atom. The average Bonchev–Trinajstić information content (AvgIpc) is 3.03. The minimum atomic E-state index is -1.70. The Labute approximate surface area is 201 Å². The van der Waals surface area contributed by atoms with Gasteiger partial charge in [-0.1, -0.05) is 13.8 Å². The Morgan fingerprint density at radius 1 is 0.882 bits per heavy atom. The summed E-state index contributed by atoms with van der Waals surface area (Å²) in [6.07, 6.45) is 1.20. The van der Waals surface area contributed by atoms with Crippen LogP contribution in [0.5, 0.6) is 0 Å². The highest BCUT2D eigenvalue weighted by Gasteiger charge is 2.63. The summed E-state index contributed by atoms with van der Waals surface area (Å²) in [5, 5.41) is 50.8. The lowest BCUT2D eigenvalue weighted by Crippen LogP contribution is -2.61. The minimum absolute atomic E-state index is 0.0121. The molecular weight excluding hydrogens is 440 g/mol. The Balaban J connectivity index is 1.27. The molecule has 5 N–H and O–H groups in total. The monoisotopic (exact) mass is 482 g/mol. The molecule has 34 heavy (non-hydrogen) atoms. The summed E-state index contributed by atoms with van der Waals surface area (Å²) in [5.74, 6) is 0.966. The van der Waals surface area contributed by atoms with Crippen LogP contribution in [0, 0.1) is 34.5 Å². The molecule has 0 aromatic heterocycles. The third-order valence-electron chi connectivity index (χ3n) is 11.3. The normalized spacial score (nSPS) is 57.4. The molecule has 5 rings (SSSR count). The van der Waals surface area contributed by atoms with E-state index in [2.05, 4.69) is 13.8 Å². The van der Waals surface area contributed by atoms with Gasteiger partial charge < -0.3 is 35.0 Å². The van der Waals surface area contributed by atoms with E-state index in [0.717, 1.165) is 51.4 Å². The van der Waals surface area contributed by atoms with Crippen molar-refractivity contribution in [1.82, 2.24) is 0 Å². The zero-order valence-electron chi connectivity index (χ0n) is 20.6. The predicted molar refractivity (Wildman–Crippen MR) is 122 cm³/mol. The Bertz CT molecular complexity index is 802. The van der Waals surface area contributed by atoms with Gasteiger partial charge in [0.15, 0.2) is 12.4 Å². The second-order valence-electron chi connectivity index (χ2n) is 12.7. The molecule has 1 heterocycles. The second-order valence-corrected chi connectivity index (χ2v) is 12.7. The van der Waals surface area contributed by atoms with Crippen LogP contribution in [0.2, 0.25) is 0 Å². The van der Waals surface area contributed by atoms with E-state index < -0.39 is 42.3 Å². The first-order valence-electron chi connectivity index (χ1n) is 13.2. The number of hydrogen-bond acceptors (Lipinski definition) is 7. The van der Waals surface area contributed by atoms with Crippen molar-refractivity contribution in [3.63, 3.8) is 0 Å². The van der Waals surface area contributed by atoms with Gasteiger partial charge in [-0.15, -0.1) is 0 Å². The van der Waals surface area contributed by atoms with Gasteiger partial charge in [-0.3, -0.25) is 0 Å². The van der Waals surface area contributed by atoms with Crippen LogP contribution in [0.15, 0.2) is 0 Å². The Morgan fingerprint density at radius 2 is 1.59 bits per heavy atom.